The van der Waals surface area contributed by atoms with E-state index in [1.54, 1.807) is 0 Å². The van der Waals surface area contributed by atoms with Gasteiger partial charge in [-0.3, -0.25) is 14.7 Å². The molecule has 0 aromatic carbocycles. The number of nitrogens with zero attached hydrogens (tertiary/aromatic N) is 3. The highest BCUT2D eigenvalue weighted by atomic mass is 127. The molecule has 0 radical (unpaired) electrons. The third-order valence-corrected chi connectivity index (χ3v) is 5.34. The first-order chi connectivity index (χ1) is 12.0. The Hall–Kier alpha value is -0.570. The van der Waals surface area contributed by atoms with Crippen LogP contribution in [0.1, 0.15) is 53.4 Å². The van der Waals surface area contributed by atoms with Crippen molar-refractivity contribution in [1.82, 2.24) is 20.4 Å². The maximum atomic E-state index is 11.9. The quantitative estimate of drug-likeness (QED) is 0.334. The lowest BCUT2D eigenvalue weighted by molar-refractivity contribution is -0.129. The van der Waals surface area contributed by atoms with Gasteiger partial charge in [-0.25, -0.2) is 0 Å². The fourth-order valence-corrected chi connectivity index (χ4v) is 3.85. The minimum absolute atomic E-state index is 0. The van der Waals surface area contributed by atoms with E-state index in [1.165, 1.54) is 25.9 Å². The molecular weight excluding hydrogens is 441 g/mol. The average molecular weight is 479 g/mol. The van der Waals surface area contributed by atoms with Crippen LogP contribution in [-0.4, -0.2) is 73.0 Å². The third kappa shape index (κ3) is 6.87. The van der Waals surface area contributed by atoms with E-state index < -0.39 is 0 Å². The van der Waals surface area contributed by atoms with Crippen LogP contribution in [0.5, 0.6) is 0 Å². The molecule has 0 saturated carbocycles. The first-order valence-electron chi connectivity index (χ1n) is 10.1. The van der Waals surface area contributed by atoms with Crippen LogP contribution in [0.15, 0.2) is 4.99 Å². The second-order valence-electron chi connectivity index (χ2n) is 7.60. The number of amides is 1. The highest BCUT2D eigenvalue weighted by Crippen LogP contribution is 2.18. The monoisotopic (exact) mass is 479 g/mol. The molecular formula is C19H38IN5O. The fourth-order valence-electron chi connectivity index (χ4n) is 3.85. The molecule has 152 valence electrons. The van der Waals surface area contributed by atoms with Gasteiger partial charge in [0.05, 0.1) is 6.54 Å². The lowest BCUT2D eigenvalue weighted by atomic mass is 10.0. The Morgan fingerprint density at radius 3 is 2.46 bits per heavy atom. The van der Waals surface area contributed by atoms with Crippen LogP contribution in [0.4, 0.5) is 0 Å². The summed E-state index contributed by atoms with van der Waals surface area (Å²) in [6, 6.07) is 0.817. The molecule has 7 heteroatoms. The zero-order valence-corrected chi connectivity index (χ0v) is 19.3. The lowest BCUT2D eigenvalue weighted by Crippen LogP contribution is -2.46. The van der Waals surface area contributed by atoms with Gasteiger partial charge in [-0.15, -0.1) is 24.0 Å². The second kappa shape index (κ2) is 12.0. The van der Waals surface area contributed by atoms with Crippen molar-refractivity contribution in [2.75, 3.05) is 39.3 Å². The third-order valence-electron chi connectivity index (χ3n) is 5.34. The number of guanidine groups is 1. The molecule has 2 N–H and O–H groups in total. The topological polar surface area (TPSA) is 60.0 Å². The molecule has 0 spiro atoms. The number of hydrogen-bond donors (Lipinski definition) is 2. The number of nitrogens with one attached hydrogen (secondary N) is 2. The molecule has 26 heavy (non-hydrogen) atoms. The first-order valence-corrected chi connectivity index (χ1v) is 10.1. The van der Waals surface area contributed by atoms with Crippen molar-refractivity contribution < 1.29 is 4.79 Å². The summed E-state index contributed by atoms with van der Waals surface area (Å²) >= 11 is 0. The van der Waals surface area contributed by atoms with Crippen molar-refractivity contribution in [3.63, 3.8) is 0 Å². The van der Waals surface area contributed by atoms with Gasteiger partial charge in [0.2, 0.25) is 5.91 Å². The van der Waals surface area contributed by atoms with E-state index in [2.05, 4.69) is 36.3 Å². The largest absolute Gasteiger partial charge is 0.357 e. The van der Waals surface area contributed by atoms with Crippen molar-refractivity contribution in [2.45, 2.75) is 65.5 Å². The molecule has 2 heterocycles. The summed E-state index contributed by atoms with van der Waals surface area (Å²) in [5, 5.41) is 6.91. The van der Waals surface area contributed by atoms with Crippen LogP contribution in [0.3, 0.4) is 0 Å². The summed E-state index contributed by atoms with van der Waals surface area (Å²) in [6.07, 6.45) is 4.21. The number of likely N-dealkylation sites (tertiary alicyclic amines) is 2. The Bertz CT molecular complexity index is 451. The summed E-state index contributed by atoms with van der Waals surface area (Å²) in [5.41, 5.74) is 0. The Labute approximate surface area is 176 Å². The molecule has 0 aliphatic carbocycles. The Balaban J connectivity index is 0.00000338. The Morgan fingerprint density at radius 2 is 1.88 bits per heavy atom. The van der Waals surface area contributed by atoms with Gasteiger partial charge in [0.15, 0.2) is 5.96 Å². The van der Waals surface area contributed by atoms with E-state index in [0.717, 1.165) is 38.6 Å². The van der Waals surface area contributed by atoms with Crippen LogP contribution in [0.25, 0.3) is 0 Å². The molecule has 2 atom stereocenters. The number of carbonyl (C=O) groups is 1. The highest BCUT2D eigenvalue weighted by Gasteiger charge is 2.27. The van der Waals surface area contributed by atoms with Gasteiger partial charge < -0.3 is 15.5 Å². The number of carbonyl (C=O) groups excluding carboxylic acids is 1. The normalized spacial score (nSPS) is 22.4. The zero-order chi connectivity index (χ0) is 18.2. The molecule has 6 nitrogen and oxygen atoms in total. The van der Waals surface area contributed by atoms with Gasteiger partial charge in [0.25, 0.3) is 0 Å². The predicted molar refractivity (Wildman–Crippen MR) is 119 cm³/mol. The summed E-state index contributed by atoms with van der Waals surface area (Å²) in [6.45, 7) is 14.4. The van der Waals surface area contributed by atoms with Crippen LogP contribution < -0.4 is 10.6 Å². The number of halogens is 1. The van der Waals surface area contributed by atoms with Gasteiger partial charge in [-0.1, -0.05) is 20.8 Å². The average Bonchev–Trinajstić information content (AvgIpc) is 3.26. The maximum absolute atomic E-state index is 11.9. The maximum Gasteiger partial charge on any atom is 0.222 e. The van der Waals surface area contributed by atoms with Crippen LogP contribution in [0.2, 0.25) is 0 Å². The van der Waals surface area contributed by atoms with E-state index in [0.29, 0.717) is 24.4 Å². The molecule has 2 aliphatic rings. The van der Waals surface area contributed by atoms with Crippen LogP contribution in [-0.2, 0) is 4.79 Å². The van der Waals surface area contributed by atoms with Crippen molar-refractivity contribution >= 4 is 35.8 Å². The molecule has 0 aromatic heterocycles. The van der Waals surface area contributed by atoms with Crippen LogP contribution in [0, 0.1) is 5.92 Å². The zero-order valence-electron chi connectivity index (χ0n) is 17.0. The molecule has 2 fully saturated rings. The van der Waals surface area contributed by atoms with E-state index in [1.807, 2.05) is 11.8 Å². The number of aliphatic imine (C=N–C) groups is 1. The second-order valence-corrected chi connectivity index (χ2v) is 7.60. The van der Waals surface area contributed by atoms with Gasteiger partial charge in [0.1, 0.15) is 0 Å². The van der Waals surface area contributed by atoms with E-state index in [-0.39, 0.29) is 29.9 Å². The van der Waals surface area contributed by atoms with Crippen molar-refractivity contribution in [2.24, 2.45) is 10.9 Å². The Kier molecular flexibility index (Phi) is 10.8. The highest BCUT2D eigenvalue weighted by molar-refractivity contribution is 14.0. The molecule has 2 rings (SSSR count). The minimum atomic E-state index is 0. The molecule has 2 saturated heterocycles. The summed E-state index contributed by atoms with van der Waals surface area (Å²) < 4.78 is 0. The van der Waals surface area contributed by atoms with Crippen molar-refractivity contribution in [1.29, 1.82) is 0 Å². The predicted octanol–water partition coefficient (Wildman–Crippen LogP) is 2.29. The molecule has 2 aliphatic heterocycles. The van der Waals surface area contributed by atoms with Gasteiger partial charge >= 0.3 is 0 Å². The van der Waals surface area contributed by atoms with E-state index >= 15 is 0 Å². The van der Waals surface area contributed by atoms with Crippen LogP contribution >= 0.6 is 24.0 Å². The van der Waals surface area contributed by atoms with Gasteiger partial charge in [-0.05, 0) is 45.2 Å². The molecule has 1 amide bonds. The minimum Gasteiger partial charge on any atom is -0.357 e. The smallest absolute Gasteiger partial charge is 0.222 e. The van der Waals surface area contributed by atoms with Crippen molar-refractivity contribution in [3.8, 4) is 0 Å². The van der Waals surface area contributed by atoms with Gasteiger partial charge in [0, 0.05) is 38.1 Å². The molecule has 0 bridgehead atoms. The van der Waals surface area contributed by atoms with E-state index in [9.17, 15) is 4.79 Å². The molecule has 2 unspecified atom stereocenters. The first kappa shape index (κ1) is 23.5. The lowest BCUT2D eigenvalue weighted by Gasteiger charge is -2.30. The number of hydrogen-bond acceptors (Lipinski definition) is 3. The summed E-state index contributed by atoms with van der Waals surface area (Å²) in [7, 11) is 0. The summed E-state index contributed by atoms with van der Waals surface area (Å²) in [4.78, 5) is 21.3. The molecule has 0 aromatic rings. The van der Waals surface area contributed by atoms with Gasteiger partial charge in [-0.2, -0.15) is 0 Å². The van der Waals surface area contributed by atoms with Crippen molar-refractivity contribution in [3.05, 3.63) is 0 Å². The number of rotatable bonds is 7. The van der Waals surface area contributed by atoms with E-state index in [4.69, 9.17) is 4.99 Å². The SMILES string of the molecule is CCNC(=NCC(C(C)C)N1CCCC1)NC1CCN(C(=O)CC)C1.I. The standard InChI is InChI=1S/C19H37N5O.HI/c1-5-18(25)24-12-9-16(14-24)22-19(20-6-2)21-13-17(15(3)4)23-10-7-8-11-23;/h15-17H,5-14H2,1-4H3,(H2,20,21,22);1H. The fraction of sp³-hybridized carbons (Fsp3) is 0.895. The Morgan fingerprint density at radius 1 is 1.19 bits per heavy atom. The summed E-state index contributed by atoms with van der Waals surface area (Å²) in [5.74, 6) is 1.75.